The average molecular weight is 743 g/mol. The number of carbonyl (C=O) groups excluding carboxylic acids is 2. The molecule has 0 aliphatic heterocycles. The largest absolute Gasteiger partial charge is 0.462 e. The molecular formula is C46H78O7. The Bertz CT molecular complexity index is 1020. The summed E-state index contributed by atoms with van der Waals surface area (Å²) in [4.78, 5) is 24.3. The van der Waals surface area contributed by atoms with E-state index in [0.29, 0.717) is 32.1 Å². The number of esters is 2. The summed E-state index contributed by atoms with van der Waals surface area (Å²) in [5.41, 5.74) is 0. The minimum absolute atomic E-state index is 0.129. The number of ether oxygens (including phenoxy) is 2. The maximum atomic E-state index is 12.2. The number of allylic oxidation sites excluding steroid dienone is 8. The van der Waals surface area contributed by atoms with Crippen LogP contribution in [0.1, 0.15) is 168 Å². The minimum atomic E-state index is -0.851. The monoisotopic (exact) mass is 743 g/mol. The predicted molar refractivity (Wildman–Crippen MR) is 221 cm³/mol. The number of aliphatic hydroxyl groups excluding tert-OH is 3. The Hall–Kier alpha value is -2.74. The van der Waals surface area contributed by atoms with Crippen LogP contribution in [-0.2, 0) is 19.1 Å². The molecule has 0 heterocycles. The van der Waals surface area contributed by atoms with Gasteiger partial charge in [0.05, 0.1) is 18.8 Å². The van der Waals surface area contributed by atoms with Crippen LogP contribution in [0.3, 0.4) is 0 Å². The second kappa shape index (κ2) is 39.0. The van der Waals surface area contributed by atoms with Gasteiger partial charge < -0.3 is 24.8 Å². The summed E-state index contributed by atoms with van der Waals surface area (Å²) in [6.45, 7) is 6.18. The molecule has 0 aromatic heterocycles. The van der Waals surface area contributed by atoms with Gasteiger partial charge in [-0.1, -0.05) is 190 Å². The molecule has 304 valence electrons. The number of hydrogen-bond acceptors (Lipinski definition) is 7. The van der Waals surface area contributed by atoms with Crippen molar-refractivity contribution in [3.05, 3.63) is 72.9 Å². The van der Waals surface area contributed by atoms with Crippen molar-refractivity contribution < 1.29 is 34.4 Å². The zero-order chi connectivity index (χ0) is 39.0. The molecule has 4 atom stereocenters. The summed E-state index contributed by atoms with van der Waals surface area (Å²) in [7, 11) is 0. The molecule has 1 unspecified atom stereocenters. The van der Waals surface area contributed by atoms with Crippen LogP contribution in [0.5, 0.6) is 0 Å². The van der Waals surface area contributed by atoms with Gasteiger partial charge in [0.1, 0.15) is 6.61 Å². The van der Waals surface area contributed by atoms with Crippen LogP contribution in [0.15, 0.2) is 72.9 Å². The summed E-state index contributed by atoms with van der Waals surface area (Å²) < 4.78 is 10.5. The highest BCUT2D eigenvalue weighted by atomic mass is 16.6. The molecule has 0 aromatic carbocycles. The third kappa shape index (κ3) is 37.4. The van der Waals surface area contributed by atoms with E-state index < -0.39 is 30.9 Å². The molecule has 0 aliphatic rings. The molecule has 7 nitrogen and oxygen atoms in total. The zero-order valence-electron chi connectivity index (χ0n) is 33.9. The molecular weight excluding hydrogens is 664 g/mol. The fourth-order valence-electron chi connectivity index (χ4n) is 5.61. The summed E-state index contributed by atoms with van der Waals surface area (Å²) >= 11 is 0. The van der Waals surface area contributed by atoms with Crippen molar-refractivity contribution in [3.8, 4) is 0 Å². The Balaban J connectivity index is 3.79. The number of aliphatic hydroxyl groups is 3. The molecule has 7 heteroatoms. The van der Waals surface area contributed by atoms with Crippen LogP contribution >= 0.6 is 0 Å². The lowest BCUT2D eigenvalue weighted by Gasteiger charge is -2.15. The fourth-order valence-corrected chi connectivity index (χ4v) is 5.61. The Morgan fingerprint density at radius 1 is 0.604 bits per heavy atom. The van der Waals surface area contributed by atoms with E-state index in [9.17, 15) is 24.9 Å². The molecule has 0 aromatic rings. The summed E-state index contributed by atoms with van der Waals surface area (Å²) in [5, 5.41) is 29.4. The summed E-state index contributed by atoms with van der Waals surface area (Å²) in [5.74, 6) is 0.131. The van der Waals surface area contributed by atoms with Gasteiger partial charge in [-0.15, -0.1) is 0 Å². The number of rotatable bonds is 36. The molecule has 0 fully saturated rings. The molecule has 0 amide bonds. The minimum Gasteiger partial charge on any atom is -0.462 e. The van der Waals surface area contributed by atoms with Crippen molar-refractivity contribution in [3.63, 3.8) is 0 Å². The second-order valence-corrected chi connectivity index (χ2v) is 14.3. The van der Waals surface area contributed by atoms with Crippen molar-refractivity contribution in [2.75, 3.05) is 13.2 Å². The maximum absolute atomic E-state index is 12.2. The zero-order valence-corrected chi connectivity index (χ0v) is 33.9. The van der Waals surface area contributed by atoms with Crippen molar-refractivity contribution in [2.45, 2.75) is 187 Å². The van der Waals surface area contributed by atoms with Gasteiger partial charge in [0, 0.05) is 12.8 Å². The first-order chi connectivity index (χ1) is 25.8. The highest BCUT2D eigenvalue weighted by Gasteiger charge is 2.15. The predicted octanol–water partition coefficient (Wildman–Crippen LogP) is 11.1. The lowest BCUT2D eigenvalue weighted by atomic mass is 9.99. The van der Waals surface area contributed by atoms with E-state index in [4.69, 9.17) is 9.47 Å². The first-order valence-electron chi connectivity index (χ1n) is 21.1. The van der Waals surface area contributed by atoms with E-state index in [0.717, 1.165) is 31.6 Å². The highest BCUT2D eigenvalue weighted by Crippen LogP contribution is 2.16. The van der Waals surface area contributed by atoms with Crippen molar-refractivity contribution >= 4 is 11.9 Å². The summed E-state index contributed by atoms with van der Waals surface area (Å²) in [6.07, 6.45) is 44.6. The van der Waals surface area contributed by atoms with Crippen molar-refractivity contribution in [1.82, 2.24) is 0 Å². The van der Waals surface area contributed by atoms with Gasteiger partial charge in [-0.3, -0.25) is 9.59 Å². The quantitative estimate of drug-likeness (QED) is 0.0253. The third-order valence-electron chi connectivity index (χ3n) is 9.23. The van der Waals surface area contributed by atoms with Gasteiger partial charge in [-0.05, 0) is 44.4 Å². The van der Waals surface area contributed by atoms with Gasteiger partial charge in [-0.25, -0.2) is 0 Å². The molecule has 53 heavy (non-hydrogen) atoms. The average Bonchev–Trinajstić information content (AvgIpc) is 3.15. The maximum Gasteiger partial charge on any atom is 0.306 e. The van der Waals surface area contributed by atoms with Crippen LogP contribution in [0.25, 0.3) is 0 Å². The van der Waals surface area contributed by atoms with Gasteiger partial charge in [-0.2, -0.15) is 0 Å². The van der Waals surface area contributed by atoms with Gasteiger partial charge in [0.25, 0.3) is 0 Å². The number of unbranched alkanes of at least 4 members (excludes halogenated alkanes) is 13. The molecule has 0 saturated carbocycles. The van der Waals surface area contributed by atoms with Crippen LogP contribution in [0.4, 0.5) is 0 Å². The van der Waals surface area contributed by atoms with E-state index in [1.165, 1.54) is 83.5 Å². The van der Waals surface area contributed by atoms with Gasteiger partial charge in [0.2, 0.25) is 0 Å². The Morgan fingerprint density at radius 2 is 1.11 bits per heavy atom. The van der Waals surface area contributed by atoms with E-state index in [1.54, 1.807) is 24.3 Å². The lowest BCUT2D eigenvalue weighted by Crippen LogP contribution is -2.28. The normalized spacial score (nSPS) is 14.8. The molecule has 0 spiro atoms. The van der Waals surface area contributed by atoms with E-state index in [1.807, 2.05) is 48.6 Å². The Labute approximate surface area is 324 Å². The number of carbonyl (C=O) groups is 2. The first-order valence-corrected chi connectivity index (χ1v) is 21.1. The first kappa shape index (κ1) is 50.3. The molecule has 0 radical (unpaired) electrons. The van der Waals surface area contributed by atoms with E-state index in [-0.39, 0.29) is 19.0 Å². The third-order valence-corrected chi connectivity index (χ3v) is 9.23. The van der Waals surface area contributed by atoms with Gasteiger partial charge in [0.15, 0.2) is 6.10 Å². The van der Waals surface area contributed by atoms with Gasteiger partial charge >= 0.3 is 11.9 Å². The van der Waals surface area contributed by atoms with Crippen LogP contribution in [-0.4, -0.2) is 58.8 Å². The number of hydrogen-bond donors (Lipinski definition) is 3. The topological polar surface area (TPSA) is 113 Å². The molecule has 0 saturated heterocycles. The fraction of sp³-hybridized carbons (Fsp3) is 0.696. The van der Waals surface area contributed by atoms with Crippen LogP contribution < -0.4 is 0 Å². The molecule has 0 bridgehead atoms. The highest BCUT2D eigenvalue weighted by molar-refractivity contribution is 5.70. The van der Waals surface area contributed by atoms with E-state index in [2.05, 4.69) is 20.8 Å². The Morgan fingerprint density at radius 3 is 1.64 bits per heavy atom. The van der Waals surface area contributed by atoms with Crippen molar-refractivity contribution in [2.24, 2.45) is 5.92 Å². The van der Waals surface area contributed by atoms with Crippen LogP contribution in [0, 0.1) is 5.92 Å². The molecule has 0 aliphatic carbocycles. The molecule has 3 N–H and O–H groups in total. The Kier molecular flexibility index (Phi) is 37.0. The smallest absolute Gasteiger partial charge is 0.306 e. The molecule has 0 rings (SSSR count). The SMILES string of the molecule is CC/C=C\C[C@H](O)/C=C/C=C\C=C\[C@H](O)C/C=C\C/C=C\CCC(=O)O[C@@H](CO)COC(=O)CCCCCCCCCCCCCCCCC(C)CC. The standard InChI is InChI=1S/C46H78O7/c1-4-6-25-33-42(48)35-28-23-24-29-36-43(49)34-27-20-17-18-22-31-38-46(51)53-44(39-47)40-52-45(50)37-30-21-16-14-12-10-8-7-9-11-13-15-19-26-32-41(3)5-2/h6,18,20,22-25,27-29,35-36,41-44,47-49H,4-5,7-17,19,21,26,30-34,37-40H2,1-3H3/b22-18-,24-23-,25-6-,27-20-,35-28+,36-29+/t41?,42-,43+,44-/m0/s1. The lowest BCUT2D eigenvalue weighted by molar-refractivity contribution is -0.161. The van der Waals surface area contributed by atoms with E-state index >= 15 is 0 Å². The second-order valence-electron chi connectivity index (χ2n) is 14.3. The summed E-state index contributed by atoms with van der Waals surface area (Å²) in [6, 6.07) is 0. The van der Waals surface area contributed by atoms with Crippen molar-refractivity contribution in [1.29, 1.82) is 0 Å². The van der Waals surface area contributed by atoms with Crippen LogP contribution in [0.2, 0.25) is 0 Å².